The van der Waals surface area contributed by atoms with E-state index in [-0.39, 0.29) is 0 Å². The maximum absolute atomic E-state index is 5.56. The summed E-state index contributed by atoms with van der Waals surface area (Å²) in [5, 5.41) is 0. The Hall–Kier alpha value is -2.22. The number of hydrogen-bond donors (Lipinski definition) is 0. The Morgan fingerprint density at radius 1 is 0.950 bits per heavy atom. The Kier molecular flexibility index (Phi) is 3.23. The summed E-state index contributed by atoms with van der Waals surface area (Å²) in [6.07, 6.45) is 1.96. The third-order valence-corrected chi connectivity index (χ3v) is 3.89. The minimum Gasteiger partial charge on any atom is -0.497 e. The predicted molar refractivity (Wildman–Crippen MR) is 82.3 cm³/mol. The molecule has 1 aliphatic rings. The van der Waals surface area contributed by atoms with Gasteiger partial charge in [0.25, 0.3) is 0 Å². The highest BCUT2D eigenvalue weighted by Gasteiger charge is 2.21. The van der Waals surface area contributed by atoms with Gasteiger partial charge in [-0.25, -0.2) is 0 Å². The van der Waals surface area contributed by atoms with E-state index in [2.05, 4.69) is 36.9 Å². The van der Waals surface area contributed by atoms with Crippen LogP contribution >= 0.6 is 0 Å². The van der Waals surface area contributed by atoms with Crippen LogP contribution in [0, 0.1) is 0 Å². The molecule has 20 heavy (non-hydrogen) atoms. The van der Waals surface area contributed by atoms with Gasteiger partial charge < -0.3 is 9.47 Å². The van der Waals surface area contributed by atoms with Crippen LogP contribution in [0.2, 0.25) is 0 Å². The van der Waals surface area contributed by atoms with Crippen molar-refractivity contribution in [2.24, 2.45) is 0 Å². The molecule has 0 N–H and O–H groups in total. The maximum Gasteiger partial charge on any atom is 0.130 e. The van der Waals surface area contributed by atoms with E-state index in [0.29, 0.717) is 0 Å². The SMILES string of the molecule is C=C1CCc2ccccc2-c2cc(OC)cc(OC)c21. The number of rotatable bonds is 2. The summed E-state index contributed by atoms with van der Waals surface area (Å²) in [5.74, 6) is 1.64. The van der Waals surface area contributed by atoms with Gasteiger partial charge in [-0.15, -0.1) is 0 Å². The number of ether oxygens (including phenoxy) is 2. The molecule has 0 fully saturated rings. The Balaban J connectivity index is 2.34. The number of fused-ring (bicyclic) bond motifs is 3. The molecule has 0 aliphatic heterocycles. The van der Waals surface area contributed by atoms with E-state index in [4.69, 9.17) is 9.47 Å². The topological polar surface area (TPSA) is 18.5 Å². The molecule has 1 aliphatic carbocycles. The second-order valence-corrected chi connectivity index (χ2v) is 5.01. The van der Waals surface area contributed by atoms with Crippen LogP contribution in [0.25, 0.3) is 16.7 Å². The van der Waals surface area contributed by atoms with Gasteiger partial charge in [0.1, 0.15) is 11.5 Å². The molecule has 0 amide bonds. The molecule has 3 rings (SSSR count). The summed E-state index contributed by atoms with van der Waals surface area (Å²) in [4.78, 5) is 0. The summed E-state index contributed by atoms with van der Waals surface area (Å²) < 4.78 is 11.0. The standard InChI is InChI=1S/C18H18O2/c1-12-8-9-13-6-4-5-7-15(13)16-10-14(19-2)11-17(20-3)18(12)16/h4-7,10-11H,1,8-9H2,2-3H3. The van der Waals surface area contributed by atoms with Gasteiger partial charge in [0.15, 0.2) is 0 Å². The van der Waals surface area contributed by atoms with Gasteiger partial charge in [-0.1, -0.05) is 30.8 Å². The first-order valence-electron chi connectivity index (χ1n) is 6.77. The molecule has 0 atom stereocenters. The third-order valence-electron chi connectivity index (χ3n) is 3.89. The zero-order chi connectivity index (χ0) is 14.1. The summed E-state index contributed by atoms with van der Waals surface area (Å²) in [6, 6.07) is 12.5. The van der Waals surface area contributed by atoms with Crippen LogP contribution in [0.15, 0.2) is 43.0 Å². The van der Waals surface area contributed by atoms with E-state index in [1.807, 2.05) is 6.07 Å². The van der Waals surface area contributed by atoms with Crippen LogP contribution in [0.4, 0.5) is 0 Å². The Morgan fingerprint density at radius 2 is 1.75 bits per heavy atom. The van der Waals surface area contributed by atoms with E-state index in [1.54, 1.807) is 14.2 Å². The number of allylic oxidation sites excluding steroid dienone is 1. The summed E-state index contributed by atoms with van der Waals surface area (Å²) in [5.41, 5.74) is 5.98. The molecule has 0 aromatic heterocycles. The van der Waals surface area contributed by atoms with Gasteiger partial charge in [-0.2, -0.15) is 0 Å². The van der Waals surface area contributed by atoms with E-state index < -0.39 is 0 Å². The molecule has 0 unspecified atom stereocenters. The molecule has 0 saturated heterocycles. The highest BCUT2D eigenvalue weighted by atomic mass is 16.5. The molecular weight excluding hydrogens is 248 g/mol. The normalized spacial score (nSPS) is 13.2. The van der Waals surface area contributed by atoms with Crippen LogP contribution in [-0.2, 0) is 6.42 Å². The van der Waals surface area contributed by atoms with Crippen molar-refractivity contribution in [3.05, 3.63) is 54.1 Å². The molecule has 2 heteroatoms. The van der Waals surface area contributed by atoms with Crippen molar-refractivity contribution < 1.29 is 9.47 Å². The lowest BCUT2D eigenvalue weighted by molar-refractivity contribution is 0.394. The van der Waals surface area contributed by atoms with Crippen molar-refractivity contribution in [1.29, 1.82) is 0 Å². The van der Waals surface area contributed by atoms with Gasteiger partial charge >= 0.3 is 0 Å². The van der Waals surface area contributed by atoms with Crippen LogP contribution in [0.5, 0.6) is 11.5 Å². The van der Waals surface area contributed by atoms with E-state index in [1.165, 1.54) is 11.1 Å². The summed E-state index contributed by atoms with van der Waals surface area (Å²) in [6.45, 7) is 4.24. The van der Waals surface area contributed by atoms with Gasteiger partial charge in [-0.05, 0) is 41.2 Å². The van der Waals surface area contributed by atoms with Gasteiger partial charge in [0.2, 0.25) is 0 Å². The fourth-order valence-corrected chi connectivity index (χ4v) is 2.86. The zero-order valence-corrected chi connectivity index (χ0v) is 11.9. The smallest absolute Gasteiger partial charge is 0.130 e. The van der Waals surface area contributed by atoms with Crippen molar-refractivity contribution in [3.8, 4) is 22.6 Å². The molecule has 0 saturated carbocycles. The number of methoxy groups -OCH3 is 2. The second-order valence-electron chi connectivity index (χ2n) is 5.01. The molecule has 2 aromatic rings. The summed E-state index contributed by atoms with van der Waals surface area (Å²) in [7, 11) is 3.37. The number of aryl methyl sites for hydroxylation is 1. The lowest BCUT2D eigenvalue weighted by Gasteiger charge is -2.16. The van der Waals surface area contributed by atoms with Gasteiger partial charge in [-0.3, -0.25) is 0 Å². The fraction of sp³-hybridized carbons (Fsp3) is 0.222. The van der Waals surface area contributed by atoms with Crippen molar-refractivity contribution in [3.63, 3.8) is 0 Å². The van der Waals surface area contributed by atoms with E-state index >= 15 is 0 Å². The quantitative estimate of drug-likeness (QED) is 0.805. The van der Waals surface area contributed by atoms with Crippen molar-refractivity contribution in [1.82, 2.24) is 0 Å². The van der Waals surface area contributed by atoms with Crippen LogP contribution in [-0.4, -0.2) is 14.2 Å². The van der Waals surface area contributed by atoms with Crippen LogP contribution < -0.4 is 9.47 Å². The molecule has 0 spiro atoms. The Bertz CT molecular complexity index is 671. The molecule has 2 aromatic carbocycles. The Morgan fingerprint density at radius 3 is 2.50 bits per heavy atom. The van der Waals surface area contributed by atoms with Crippen molar-refractivity contribution >= 4 is 5.57 Å². The molecule has 102 valence electrons. The minimum absolute atomic E-state index is 0.810. The number of hydrogen-bond acceptors (Lipinski definition) is 2. The lowest BCUT2D eigenvalue weighted by Crippen LogP contribution is -1.95. The molecule has 0 bridgehead atoms. The van der Waals surface area contributed by atoms with Gasteiger partial charge in [0, 0.05) is 11.6 Å². The first-order valence-corrected chi connectivity index (χ1v) is 6.77. The first-order chi connectivity index (χ1) is 9.74. The second kappa shape index (κ2) is 5.04. The van der Waals surface area contributed by atoms with E-state index in [0.717, 1.165) is 41.0 Å². The molecular formula is C18H18O2. The zero-order valence-electron chi connectivity index (χ0n) is 11.9. The lowest BCUT2D eigenvalue weighted by atomic mass is 9.94. The largest absolute Gasteiger partial charge is 0.497 e. The first kappa shape index (κ1) is 12.8. The maximum atomic E-state index is 5.56. The number of benzene rings is 2. The monoisotopic (exact) mass is 266 g/mol. The minimum atomic E-state index is 0.810. The molecule has 0 radical (unpaired) electrons. The van der Waals surface area contributed by atoms with Gasteiger partial charge in [0.05, 0.1) is 14.2 Å². The molecule has 0 heterocycles. The third kappa shape index (κ3) is 1.97. The van der Waals surface area contributed by atoms with Crippen molar-refractivity contribution in [2.45, 2.75) is 12.8 Å². The highest BCUT2D eigenvalue weighted by molar-refractivity contribution is 5.88. The van der Waals surface area contributed by atoms with Crippen LogP contribution in [0.1, 0.15) is 17.5 Å². The van der Waals surface area contributed by atoms with Crippen molar-refractivity contribution in [2.75, 3.05) is 14.2 Å². The Labute approximate surface area is 119 Å². The fourth-order valence-electron chi connectivity index (χ4n) is 2.86. The van der Waals surface area contributed by atoms with Crippen LogP contribution in [0.3, 0.4) is 0 Å². The molecule has 2 nitrogen and oxygen atoms in total. The predicted octanol–water partition coefficient (Wildman–Crippen LogP) is 4.33. The average Bonchev–Trinajstić information content (AvgIpc) is 2.64. The highest BCUT2D eigenvalue weighted by Crippen LogP contribution is 2.43. The average molecular weight is 266 g/mol. The van der Waals surface area contributed by atoms with E-state index in [9.17, 15) is 0 Å². The summed E-state index contributed by atoms with van der Waals surface area (Å²) >= 11 is 0.